The molecular weight excluding hydrogens is 409 g/mol. The maximum absolute atomic E-state index is 14.2. The van der Waals surface area contributed by atoms with Gasteiger partial charge in [0.25, 0.3) is 5.56 Å². The zero-order valence-electron chi connectivity index (χ0n) is 17.3. The van der Waals surface area contributed by atoms with Gasteiger partial charge in [0.2, 0.25) is 0 Å². The summed E-state index contributed by atoms with van der Waals surface area (Å²) in [5, 5.41) is 1.92. The number of rotatable bonds is 5. The molecule has 0 bridgehead atoms. The Morgan fingerprint density at radius 1 is 0.903 bits per heavy atom. The lowest BCUT2D eigenvalue weighted by molar-refractivity contribution is 0.220. The van der Waals surface area contributed by atoms with Gasteiger partial charge in [-0.2, -0.15) is 0 Å². The summed E-state index contributed by atoms with van der Waals surface area (Å²) in [4.78, 5) is 20.5. The molecule has 0 N–H and O–H groups in total. The van der Waals surface area contributed by atoms with Crippen LogP contribution >= 0.6 is 11.3 Å². The van der Waals surface area contributed by atoms with Crippen molar-refractivity contribution in [1.29, 1.82) is 0 Å². The molecule has 0 amide bonds. The molecule has 1 saturated heterocycles. The molecule has 0 spiro atoms. The Balaban J connectivity index is 1.52. The lowest BCUT2D eigenvalue weighted by Crippen LogP contribution is -2.35. The van der Waals surface area contributed by atoms with Crippen molar-refractivity contribution >= 4 is 21.6 Å². The van der Waals surface area contributed by atoms with Crippen LogP contribution in [0.4, 0.5) is 4.39 Å². The largest absolute Gasteiger partial charge is 0.302 e. The zero-order chi connectivity index (χ0) is 21.2. The van der Waals surface area contributed by atoms with E-state index < -0.39 is 0 Å². The van der Waals surface area contributed by atoms with Crippen LogP contribution in [-0.2, 0) is 6.54 Å². The summed E-state index contributed by atoms with van der Waals surface area (Å²) in [5.41, 5.74) is 2.99. The molecular formula is C25H24FN3OS. The van der Waals surface area contributed by atoms with Crippen LogP contribution in [0.1, 0.15) is 19.3 Å². The molecule has 6 heteroatoms. The van der Waals surface area contributed by atoms with Crippen LogP contribution in [0.3, 0.4) is 0 Å². The van der Waals surface area contributed by atoms with Gasteiger partial charge in [-0.3, -0.25) is 9.36 Å². The van der Waals surface area contributed by atoms with Gasteiger partial charge in [0.15, 0.2) is 0 Å². The van der Waals surface area contributed by atoms with Crippen molar-refractivity contribution in [2.45, 2.75) is 25.8 Å². The Hall–Kier alpha value is -2.83. The molecule has 3 heterocycles. The highest BCUT2D eigenvalue weighted by molar-refractivity contribution is 7.17. The Morgan fingerprint density at radius 2 is 1.65 bits per heavy atom. The quantitative estimate of drug-likeness (QED) is 0.422. The van der Waals surface area contributed by atoms with E-state index in [-0.39, 0.29) is 11.4 Å². The lowest BCUT2D eigenvalue weighted by atomic mass is 10.0. The molecule has 4 nitrogen and oxygen atoms in total. The topological polar surface area (TPSA) is 38.1 Å². The number of benzene rings is 2. The Bertz CT molecular complexity index is 1260. The summed E-state index contributed by atoms with van der Waals surface area (Å²) in [7, 11) is 0. The van der Waals surface area contributed by atoms with Gasteiger partial charge in [-0.05, 0) is 49.0 Å². The van der Waals surface area contributed by atoms with Crippen molar-refractivity contribution in [1.82, 2.24) is 14.5 Å². The van der Waals surface area contributed by atoms with Gasteiger partial charge in [-0.1, -0.05) is 48.9 Å². The molecule has 158 valence electrons. The number of nitrogens with zero attached hydrogens (tertiary/aromatic N) is 3. The van der Waals surface area contributed by atoms with Gasteiger partial charge in [-0.15, -0.1) is 11.3 Å². The minimum atomic E-state index is -0.244. The average Bonchev–Trinajstić information content (AvgIpc) is 3.29. The number of fused-ring (bicyclic) bond motifs is 1. The fraction of sp³-hybridized carbons (Fsp3) is 0.280. The average molecular weight is 434 g/mol. The van der Waals surface area contributed by atoms with E-state index in [1.807, 2.05) is 46.3 Å². The van der Waals surface area contributed by atoms with E-state index in [2.05, 4.69) is 4.90 Å². The minimum absolute atomic E-state index is 0.0187. The number of piperidine rings is 1. The Morgan fingerprint density at radius 3 is 2.42 bits per heavy atom. The summed E-state index contributed by atoms with van der Waals surface area (Å²) in [6.07, 6.45) is 3.74. The molecule has 4 aromatic rings. The third kappa shape index (κ3) is 4.05. The second-order valence-corrected chi connectivity index (χ2v) is 8.90. The molecule has 1 aliphatic heterocycles. The number of halogens is 1. The molecule has 2 aromatic heterocycles. The first-order valence-corrected chi connectivity index (χ1v) is 11.6. The van der Waals surface area contributed by atoms with E-state index in [0.29, 0.717) is 22.6 Å². The van der Waals surface area contributed by atoms with Crippen LogP contribution in [0.15, 0.2) is 64.8 Å². The van der Waals surface area contributed by atoms with E-state index in [1.165, 1.54) is 36.7 Å². The van der Waals surface area contributed by atoms with Gasteiger partial charge < -0.3 is 4.90 Å². The zero-order valence-corrected chi connectivity index (χ0v) is 18.1. The smallest absolute Gasteiger partial charge is 0.271 e. The third-order valence-corrected chi connectivity index (χ3v) is 6.87. The molecule has 0 atom stereocenters. The first-order chi connectivity index (χ1) is 15.2. The molecule has 31 heavy (non-hydrogen) atoms. The number of thiophene rings is 1. The minimum Gasteiger partial charge on any atom is -0.302 e. The summed E-state index contributed by atoms with van der Waals surface area (Å²) in [6, 6.07) is 16.3. The van der Waals surface area contributed by atoms with Gasteiger partial charge >= 0.3 is 0 Å². The molecule has 0 aliphatic carbocycles. The van der Waals surface area contributed by atoms with Crippen LogP contribution in [0.25, 0.3) is 32.7 Å². The van der Waals surface area contributed by atoms with Crippen molar-refractivity contribution in [3.05, 3.63) is 76.1 Å². The monoisotopic (exact) mass is 433 g/mol. The third-order valence-electron chi connectivity index (χ3n) is 5.98. The number of hydrogen-bond donors (Lipinski definition) is 0. The van der Waals surface area contributed by atoms with Crippen molar-refractivity contribution in [2.24, 2.45) is 0 Å². The summed E-state index contributed by atoms with van der Waals surface area (Å²) < 4.78 is 16.7. The first-order valence-electron chi connectivity index (χ1n) is 10.8. The van der Waals surface area contributed by atoms with Crippen molar-refractivity contribution in [3.63, 3.8) is 0 Å². The first kappa shape index (κ1) is 20.1. The maximum Gasteiger partial charge on any atom is 0.271 e. The molecule has 0 unspecified atom stereocenters. The van der Waals surface area contributed by atoms with E-state index in [1.54, 1.807) is 12.1 Å². The van der Waals surface area contributed by atoms with E-state index in [4.69, 9.17) is 4.98 Å². The number of aromatic nitrogens is 2. The van der Waals surface area contributed by atoms with Gasteiger partial charge in [-0.25, -0.2) is 9.37 Å². The van der Waals surface area contributed by atoms with Crippen LogP contribution in [-0.4, -0.2) is 34.1 Å². The fourth-order valence-corrected chi connectivity index (χ4v) is 5.07. The van der Waals surface area contributed by atoms with Gasteiger partial charge in [0, 0.05) is 24.2 Å². The Labute approximate surface area is 184 Å². The van der Waals surface area contributed by atoms with Crippen LogP contribution in [0.2, 0.25) is 0 Å². The normalized spacial score (nSPS) is 14.9. The van der Waals surface area contributed by atoms with Crippen LogP contribution in [0, 0.1) is 5.82 Å². The van der Waals surface area contributed by atoms with E-state index >= 15 is 0 Å². The molecule has 1 aliphatic rings. The van der Waals surface area contributed by atoms with E-state index in [0.717, 1.165) is 36.3 Å². The highest BCUT2D eigenvalue weighted by Crippen LogP contribution is 2.27. The molecule has 0 radical (unpaired) electrons. The highest BCUT2D eigenvalue weighted by atomic mass is 32.1. The SMILES string of the molecule is O=c1c2sccc2nc(-c2ccc(-c3ccccc3F)cc2)n1CCN1CCCCC1. The summed E-state index contributed by atoms with van der Waals surface area (Å²) in [6.45, 7) is 3.65. The fourth-order valence-electron chi connectivity index (χ4n) is 4.29. The van der Waals surface area contributed by atoms with Gasteiger partial charge in [0.1, 0.15) is 16.3 Å². The Kier molecular flexibility index (Phi) is 5.66. The molecule has 2 aromatic carbocycles. The molecule has 1 fully saturated rings. The number of likely N-dealkylation sites (tertiary alicyclic amines) is 1. The standard InChI is InChI=1S/C25H24FN3OS/c26-21-7-3-2-6-20(21)18-8-10-19(11-9-18)24-27-22-12-17-31-23(22)25(30)29(24)16-15-28-13-4-1-5-14-28/h2-3,6-12,17H,1,4-5,13-16H2. The van der Waals surface area contributed by atoms with Crippen molar-refractivity contribution in [3.8, 4) is 22.5 Å². The van der Waals surface area contributed by atoms with Gasteiger partial charge in [0.05, 0.1) is 5.52 Å². The predicted octanol–water partition coefficient (Wildman–Crippen LogP) is 5.42. The second-order valence-electron chi connectivity index (χ2n) is 7.99. The van der Waals surface area contributed by atoms with Crippen molar-refractivity contribution < 1.29 is 4.39 Å². The predicted molar refractivity (Wildman–Crippen MR) is 125 cm³/mol. The second kappa shape index (κ2) is 8.73. The lowest BCUT2D eigenvalue weighted by Gasteiger charge is -2.27. The van der Waals surface area contributed by atoms with Crippen LogP contribution in [0.5, 0.6) is 0 Å². The number of hydrogen-bond acceptors (Lipinski definition) is 4. The van der Waals surface area contributed by atoms with E-state index in [9.17, 15) is 9.18 Å². The maximum atomic E-state index is 14.2. The van der Waals surface area contributed by atoms with Crippen LogP contribution < -0.4 is 5.56 Å². The molecule has 0 saturated carbocycles. The summed E-state index contributed by atoms with van der Waals surface area (Å²) >= 11 is 1.44. The molecule has 5 rings (SSSR count). The summed E-state index contributed by atoms with van der Waals surface area (Å²) in [5.74, 6) is 0.430. The highest BCUT2D eigenvalue weighted by Gasteiger charge is 2.16. The van der Waals surface area contributed by atoms with Crippen molar-refractivity contribution in [2.75, 3.05) is 19.6 Å².